The van der Waals surface area contributed by atoms with Crippen LogP contribution in [0.4, 0.5) is 10.1 Å². The van der Waals surface area contributed by atoms with Gasteiger partial charge in [-0.25, -0.2) is 4.39 Å². The number of benzene rings is 2. The maximum Gasteiger partial charge on any atom is 0.223 e. The van der Waals surface area contributed by atoms with Gasteiger partial charge >= 0.3 is 0 Å². The minimum Gasteiger partial charge on any atom is -0.370 e. The number of aryl methyl sites for hydroxylation is 2. The molecule has 0 saturated carbocycles. The summed E-state index contributed by atoms with van der Waals surface area (Å²) in [6, 6.07) is 12.1. The summed E-state index contributed by atoms with van der Waals surface area (Å²) in [5.41, 5.74) is 3.89. The molecule has 28 heavy (non-hydrogen) atoms. The molecule has 0 aromatic heterocycles. The highest BCUT2D eigenvalue weighted by Gasteiger charge is 2.20. The van der Waals surface area contributed by atoms with Gasteiger partial charge in [0.15, 0.2) is 5.78 Å². The number of rotatable bonds is 5. The van der Waals surface area contributed by atoms with Crippen molar-refractivity contribution in [1.29, 1.82) is 0 Å². The summed E-state index contributed by atoms with van der Waals surface area (Å²) < 4.78 is 13.1. The van der Waals surface area contributed by atoms with Gasteiger partial charge in [0, 0.05) is 50.3 Å². The first-order chi connectivity index (χ1) is 13.4. The Morgan fingerprint density at radius 1 is 0.893 bits per heavy atom. The lowest BCUT2D eigenvalue weighted by molar-refractivity contribution is -0.130. The molecule has 0 bridgehead atoms. The van der Waals surface area contributed by atoms with Crippen molar-refractivity contribution < 1.29 is 14.0 Å². The molecule has 1 saturated heterocycles. The lowest BCUT2D eigenvalue weighted by Gasteiger charge is -2.23. The first-order valence-electron chi connectivity index (χ1n) is 9.83. The number of amides is 1. The van der Waals surface area contributed by atoms with Gasteiger partial charge in [-0.3, -0.25) is 9.59 Å². The van der Waals surface area contributed by atoms with Crippen LogP contribution in [0.15, 0.2) is 42.5 Å². The number of hydrogen-bond acceptors (Lipinski definition) is 3. The minimum absolute atomic E-state index is 0.0132. The smallest absolute Gasteiger partial charge is 0.223 e. The largest absolute Gasteiger partial charge is 0.370 e. The Balaban J connectivity index is 1.52. The fraction of sp³-hybridized carbons (Fsp3) is 0.391. The van der Waals surface area contributed by atoms with Crippen molar-refractivity contribution >= 4 is 17.4 Å². The van der Waals surface area contributed by atoms with Crippen LogP contribution in [0.25, 0.3) is 0 Å². The molecule has 0 unspecified atom stereocenters. The third-order valence-corrected chi connectivity index (χ3v) is 5.44. The monoisotopic (exact) mass is 382 g/mol. The SMILES string of the molecule is Cc1ccc(C(=O)CCC(=O)N2CCCN(c3ccc(F)cc3)CC2)cc1C. The average Bonchev–Trinajstić information content (AvgIpc) is 2.95. The van der Waals surface area contributed by atoms with E-state index >= 15 is 0 Å². The van der Waals surface area contributed by atoms with Crippen molar-refractivity contribution in [2.75, 3.05) is 31.1 Å². The number of ketones is 1. The van der Waals surface area contributed by atoms with Crippen LogP contribution in [0.5, 0.6) is 0 Å². The van der Waals surface area contributed by atoms with E-state index in [2.05, 4.69) is 4.90 Å². The molecule has 0 spiro atoms. The van der Waals surface area contributed by atoms with Gasteiger partial charge in [-0.05, 0) is 61.7 Å². The van der Waals surface area contributed by atoms with E-state index in [1.54, 1.807) is 12.1 Å². The standard InChI is InChI=1S/C23H27FN2O2/c1-17-4-5-19(16-18(17)2)22(27)10-11-23(28)26-13-3-12-25(14-15-26)21-8-6-20(24)7-9-21/h4-9,16H,3,10-15H2,1-2H3. The van der Waals surface area contributed by atoms with Crippen molar-refractivity contribution in [1.82, 2.24) is 4.90 Å². The van der Waals surface area contributed by atoms with E-state index in [0.29, 0.717) is 25.2 Å². The molecule has 0 N–H and O–H groups in total. The van der Waals surface area contributed by atoms with E-state index in [1.165, 1.54) is 12.1 Å². The normalized spacial score (nSPS) is 14.7. The molecule has 2 aromatic rings. The number of nitrogens with zero attached hydrogens (tertiary/aromatic N) is 2. The number of Topliss-reactive ketones (excluding diaryl/α,β-unsaturated/α-hetero) is 1. The Bertz CT molecular complexity index is 848. The Kier molecular flexibility index (Phi) is 6.45. The number of carbonyl (C=O) groups is 2. The first kappa shape index (κ1) is 20.1. The van der Waals surface area contributed by atoms with E-state index < -0.39 is 0 Å². The summed E-state index contributed by atoms with van der Waals surface area (Å²) in [4.78, 5) is 29.0. The molecule has 0 atom stereocenters. The Morgan fingerprint density at radius 2 is 1.64 bits per heavy atom. The van der Waals surface area contributed by atoms with Gasteiger partial charge in [0.2, 0.25) is 5.91 Å². The van der Waals surface area contributed by atoms with Crippen LogP contribution in [0, 0.1) is 19.7 Å². The highest BCUT2D eigenvalue weighted by Crippen LogP contribution is 2.18. The number of hydrogen-bond donors (Lipinski definition) is 0. The molecule has 0 aliphatic carbocycles. The Morgan fingerprint density at radius 3 is 2.36 bits per heavy atom. The molecule has 1 amide bonds. The zero-order valence-electron chi connectivity index (χ0n) is 16.6. The maximum atomic E-state index is 13.1. The van der Waals surface area contributed by atoms with Crippen LogP contribution in [0.3, 0.4) is 0 Å². The molecule has 5 heteroatoms. The van der Waals surface area contributed by atoms with Gasteiger partial charge in [-0.1, -0.05) is 12.1 Å². The fourth-order valence-corrected chi connectivity index (χ4v) is 3.51. The number of anilines is 1. The van der Waals surface area contributed by atoms with E-state index in [4.69, 9.17) is 0 Å². The molecule has 2 aromatic carbocycles. The maximum absolute atomic E-state index is 13.1. The van der Waals surface area contributed by atoms with E-state index in [0.717, 1.165) is 29.8 Å². The van der Waals surface area contributed by atoms with Crippen molar-refractivity contribution in [3.8, 4) is 0 Å². The molecule has 148 valence electrons. The molecule has 0 radical (unpaired) electrons. The predicted molar refractivity (Wildman–Crippen MR) is 109 cm³/mol. The average molecular weight is 382 g/mol. The second-order valence-electron chi connectivity index (χ2n) is 7.42. The number of halogens is 1. The predicted octanol–water partition coefficient (Wildman–Crippen LogP) is 4.14. The highest BCUT2D eigenvalue weighted by atomic mass is 19.1. The summed E-state index contributed by atoms with van der Waals surface area (Å²) in [5.74, 6) is -0.207. The summed E-state index contributed by atoms with van der Waals surface area (Å²) in [7, 11) is 0. The van der Waals surface area contributed by atoms with Gasteiger partial charge < -0.3 is 9.80 Å². The van der Waals surface area contributed by atoms with Gasteiger partial charge in [0.25, 0.3) is 0 Å². The molecule has 1 fully saturated rings. The van der Waals surface area contributed by atoms with Crippen molar-refractivity contribution in [3.63, 3.8) is 0 Å². The summed E-state index contributed by atoms with van der Waals surface area (Å²) in [6.45, 7) is 6.85. The van der Waals surface area contributed by atoms with Gasteiger partial charge in [0.1, 0.15) is 5.82 Å². The molecular weight excluding hydrogens is 355 g/mol. The fourth-order valence-electron chi connectivity index (χ4n) is 3.51. The summed E-state index contributed by atoms with van der Waals surface area (Å²) >= 11 is 0. The third-order valence-electron chi connectivity index (χ3n) is 5.44. The van der Waals surface area contributed by atoms with Crippen LogP contribution in [-0.2, 0) is 4.79 Å². The van der Waals surface area contributed by atoms with Crippen molar-refractivity contribution in [2.45, 2.75) is 33.1 Å². The summed E-state index contributed by atoms with van der Waals surface area (Å²) in [6.07, 6.45) is 1.33. The van der Waals surface area contributed by atoms with Crippen LogP contribution in [0.2, 0.25) is 0 Å². The molecular formula is C23H27FN2O2. The highest BCUT2D eigenvalue weighted by molar-refractivity contribution is 5.98. The summed E-state index contributed by atoms with van der Waals surface area (Å²) in [5, 5.41) is 0. The van der Waals surface area contributed by atoms with Crippen LogP contribution in [-0.4, -0.2) is 42.8 Å². The molecule has 3 rings (SSSR count). The van der Waals surface area contributed by atoms with Crippen molar-refractivity contribution in [2.24, 2.45) is 0 Å². The van der Waals surface area contributed by atoms with Crippen LogP contribution >= 0.6 is 0 Å². The van der Waals surface area contributed by atoms with Gasteiger partial charge in [-0.15, -0.1) is 0 Å². The zero-order chi connectivity index (χ0) is 20.1. The number of carbonyl (C=O) groups excluding carboxylic acids is 2. The van der Waals surface area contributed by atoms with E-state index in [-0.39, 0.29) is 30.3 Å². The van der Waals surface area contributed by atoms with Gasteiger partial charge in [0.05, 0.1) is 0 Å². The Hall–Kier alpha value is -2.69. The van der Waals surface area contributed by atoms with Gasteiger partial charge in [-0.2, -0.15) is 0 Å². The first-order valence-corrected chi connectivity index (χ1v) is 9.83. The molecule has 1 heterocycles. The quantitative estimate of drug-likeness (QED) is 0.730. The van der Waals surface area contributed by atoms with Crippen molar-refractivity contribution in [3.05, 3.63) is 65.0 Å². The minimum atomic E-state index is -0.246. The van der Waals surface area contributed by atoms with E-state index in [9.17, 15) is 14.0 Å². The second kappa shape index (κ2) is 9.00. The lowest BCUT2D eigenvalue weighted by atomic mass is 10.0. The van der Waals surface area contributed by atoms with Crippen LogP contribution in [0.1, 0.15) is 40.7 Å². The third kappa shape index (κ3) is 4.97. The van der Waals surface area contributed by atoms with E-state index in [1.807, 2.05) is 36.9 Å². The lowest BCUT2D eigenvalue weighted by Crippen LogP contribution is -2.35. The Labute approximate surface area is 166 Å². The second-order valence-corrected chi connectivity index (χ2v) is 7.42. The molecule has 1 aliphatic heterocycles. The topological polar surface area (TPSA) is 40.6 Å². The zero-order valence-corrected chi connectivity index (χ0v) is 16.6. The van der Waals surface area contributed by atoms with Crippen LogP contribution < -0.4 is 4.90 Å². The molecule has 1 aliphatic rings. The molecule has 4 nitrogen and oxygen atoms in total.